The van der Waals surface area contributed by atoms with Crippen molar-refractivity contribution < 1.29 is 164 Å². The average molecular weight is 1150 g/mol. The quantitative estimate of drug-likeness (QED) is 0.0538. The van der Waals surface area contributed by atoms with E-state index >= 15 is 0 Å². The van der Waals surface area contributed by atoms with Crippen molar-refractivity contribution in [2.24, 2.45) is 0 Å². The zero-order chi connectivity index (χ0) is 58.0. The third kappa shape index (κ3) is 13.7. The Hall–Kier alpha value is -2.75. The monoisotopic (exact) mass is 1140 g/mol. The Bertz CT molecular complexity index is 1950. The molecule has 0 aromatic heterocycles. The van der Waals surface area contributed by atoms with Gasteiger partial charge in [0.15, 0.2) is 31.5 Å². The second-order valence-electron chi connectivity index (χ2n) is 19.7. The molecule has 6 saturated heterocycles. The van der Waals surface area contributed by atoms with Gasteiger partial charge in [-0.25, -0.2) is 4.79 Å². The zero-order valence-corrected chi connectivity index (χ0v) is 41.8. The van der Waals surface area contributed by atoms with E-state index in [1.807, 2.05) is 0 Å². The van der Waals surface area contributed by atoms with Crippen LogP contribution in [0.1, 0.15) is 27.2 Å². The van der Waals surface area contributed by atoms with Crippen molar-refractivity contribution in [3.05, 3.63) is 0 Å². The van der Waals surface area contributed by atoms with E-state index in [0.717, 1.165) is 13.8 Å². The molecule has 35 nitrogen and oxygen atoms in total. The molecular weight excluding hydrogens is 1070 g/mol. The Kier molecular flexibility index (Phi) is 22.4. The van der Waals surface area contributed by atoms with Crippen LogP contribution < -0.4 is 10.6 Å². The predicted octanol–water partition coefficient (Wildman–Crippen LogP) is -13.6. The van der Waals surface area contributed by atoms with Gasteiger partial charge >= 0.3 is 5.97 Å². The fourth-order valence-electron chi connectivity index (χ4n) is 9.83. The molecule has 1 unspecified atom stereocenters. The van der Waals surface area contributed by atoms with E-state index in [2.05, 4.69) is 10.6 Å². The highest BCUT2D eigenvalue weighted by Gasteiger charge is 2.60. The largest absolute Gasteiger partial charge is 0.477 e. The van der Waals surface area contributed by atoms with E-state index in [4.69, 9.17) is 52.1 Å². The molecule has 0 bridgehead atoms. The van der Waals surface area contributed by atoms with Crippen molar-refractivity contribution in [2.45, 2.75) is 217 Å². The molecule has 6 rings (SSSR count). The topological polar surface area (TPSA) is 561 Å². The minimum absolute atomic E-state index is 0.835. The molecule has 35 heteroatoms. The normalized spacial score (nSPS) is 48.1. The first-order valence-corrected chi connectivity index (χ1v) is 24.6. The van der Waals surface area contributed by atoms with Crippen molar-refractivity contribution >= 4 is 17.8 Å². The number of aliphatic hydroxyl groups excluding tert-OH is 18. The van der Waals surface area contributed by atoms with Crippen LogP contribution in [0.5, 0.6) is 0 Å². The van der Waals surface area contributed by atoms with Crippen LogP contribution in [0.4, 0.5) is 0 Å². The predicted molar refractivity (Wildman–Crippen MR) is 238 cm³/mol. The highest BCUT2D eigenvalue weighted by Crippen LogP contribution is 2.39. The van der Waals surface area contributed by atoms with Gasteiger partial charge in [0.05, 0.1) is 51.3 Å². The van der Waals surface area contributed by atoms with Crippen LogP contribution in [-0.2, 0) is 66.5 Å². The second-order valence-corrected chi connectivity index (χ2v) is 19.7. The van der Waals surface area contributed by atoms with Crippen molar-refractivity contribution in [1.29, 1.82) is 0 Å². The lowest BCUT2D eigenvalue weighted by Gasteiger charge is -2.51. The van der Waals surface area contributed by atoms with E-state index in [1.54, 1.807) is 0 Å². The first-order valence-electron chi connectivity index (χ1n) is 24.6. The molecule has 0 aromatic carbocycles. The Balaban J connectivity index is 1.41. The number of carbonyl (C=O) groups excluding carboxylic acids is 2. The third-order valence-electron chi connectivity index (χ3n) is 14.2. The molecule has 0 radical (unpaired) electrons. The zero-order valence-electron chi connectivity index (χ0n) is 41.8. The van der Waals surface area contributed by atoms with Gasteiger partial charge in [0.1, 0.15) is 134 Å². The summed E-state index contributed by atoms with van der Waals surface area (Å²) in [6.45, 7) is -2.36. The number of aliphatic carboxylic acids is 1. The summed E-state index contributed by atoms with van der Waals surface area (Å²) >= 11 is 0. The molecule has 0 aromatic rings. The van der Waals surface area contributed by atoms with Crippen LogP contribution in [0.2, 0.25) is 0 Å². The van der Waals surface area contributed by atoms with Gasteiger partial charge in [0.2, 0.25) is 11.8 Å². The van der Waals surface area contributed by atoms with Gasteiger partial charge < -0.3 is 160 Å². The minimum Gasteiger partial charge on any atom is -0.477 e. The lowest BCUT2D eigenvalue weighted by Crippen LogP contribution is -2.71. The SMILES string of the molecule is CC(=O)N[C@H]1[C@H](O[C@H]2[C@@H](O)[C@@H](CO)O[C@@H](O[C@H]3[C@H](O)[C@@H](O)C(O)O[C@@H]3CO)[C@@H]2O)O[C@H](CO[C@]2(C(=O)O)C[C@H](O)[C@@H](NC(C)=O)[C@@H]([C@H](O)[C@H](O)CO)O2)[C@@H](O)[C@@H]1O[C@@H]1O[C@H](CO)[C@H](O)[C@H](O)[C@H]1O[C@@H]1O[C@@H](C)[C@@H](O)[C@@H](O)[C@@H]1O. The smallest absolute Gasteiger partial charge is 0.364 e. The number of amides is 2. The summed E-state index contributed by atoms with van der Waals surface area (Å²) in [4.78, 5) is 38.4. The molecule has 6 heterocycles. The fraction of sp³-hybridized carbons (Fsp3) is 0.930. The maximum Gasteiger partial charge on any atom is 0.364 e. The van der Waals surface area contributed by atoms with Crippen LogP contribution in [0.25, 0.3) is 0 Å². The third-order valence-corrected chi connectivity index (χ3v) is 14.2. The molecule has 21 N–H and O–H groups in total. The number of carboxylic acid groups (broad SMARTS) is 1. The summed E-state index contributed by atoms with van der Waals surface area (Å²) in [6, 6.07) is -3.69. The number of aliphatic hydroxyl groups is 18. The van der Waals surface area contributed by atoms with Gasteiger partial charge in [0, 0.05) is 20.3 Å². The standard InChI is InChI=1S/C43H72N2O33/c1-10-21(54)26(59)30(63)39(69-10)77-36-27(60)23(56)15(6-47)72-41(36)75-33-20(45-12(3)51)38(76-35-24(57)16(7-48)71-40(31(35)64)74-32-17(8-49)70-37(65)29(62)28(32)61)73-18(25(33)58)9-68-43(42(66)67)4-13(52)19(44-11(2)50)34(78-43)22(55)14(53)5-46/h10,13-41,46-49,52-65H,4-9H2,1-3H3,(H,44,50)(H,45,51)(H,66,67)/t10-,13-,14+,15+,16+,17+,18+,19+,20+,21+,22+,23-,24-,25+,26+,27-,28+,29+,30-,31+,32+,33+,34-,35-,36+,37?,38-,39-,40-,41-,43+/m0/s1. The molecule has 0 aliphatic carbocycles. The summed E-state index contributed by atoms with van der Waals surface area (Å²) in [6.07, 6.45) is -57.9. The van der Waals surface area contributed by atoms with Gasteiger partial charge in [-0.05, 0) is 6.92 Å². The number of hydrogen-bond acceptors (Lipinski definition) is 32. The van der Waals surface area contributed by atoms with Crippen LogP contribution in [-0.4, -0.2) is 338 Å². The lowest BCUT2D eigenvalue weighted by atomic mass is 9.88. The number of nitrogens with one attached hydrogen (secondary N) is 2. The molecular formula is C43H72N2O33. The van der Waals surface area contributed by atoms with Crippen molar-refractivity contribution in [3.63, 3.8) is 0 Å². The number of carboxylic acids is 1. The fourth-order valence-corrected chi connectivity index (χ4v) is 9.83. The van der Waals surface area contributed by atoms with Gasteiger partial charge in [-0.3, -0.25) is 9.59 Å². The summed E-state index contributed by atoms with van der Waals surface area (Å²) < 4.78 is 63.3. The van der Waals surface area contributed by atoms with Crippen molar-refractivity contribution in [2.75, 3.05) is 33.0 Å². The highest BCUT2D eigenvalue weighted by molar-refractivity contribution is 5.76. The van der Waals surface area contributed by atoms with Crippen molar-refractivity contribution in [3.8, 4) is 0 Å². The number of ether oxygens (including phenoxy) is 11. The summed E-state index contributed by atoms with van der Waals surface area (Å²) in [5.41, 5.74) is 0. The maximum atomic E-state index is 13.2. The molecule has 31 atom stereocenters. The Morgan fingerprint density at radius 3 is 1.64 bits per heavy atom. The molecule has 78 heavy (non-hydrogen) atoms. The van der Waals surface area contributed by atoms with Crippen molar-refractivity contribution in [1.82, 2.24) is 10.6 Å². The van der Waals surface area contributed by atoms with E-state index in [9.17, 15) is 111 Å². The van der Waals surface area contributed by atoms with Gasteiger partial charge in [-0.1, -0.05) is 0 Å². The second kappa shape index (κ2) is 27.1. The average Bonchev–Trinajstić information content (AvgIpc) is 3.40. The molecule has 6 aliphatic rings. The van der Waals surface area contributed by atoms with E-state index in [0.29, 0.717) is 0 Å². The molecule has 2 amide bonds. The molecule has 0 spiro atoms. The number of rotatable bonds is 20. The Morgan fingerprint density at radius 1 is 0.538 bits per heavy atom. The van der Waals surface area contributed by atoms with Gasteiger partial charge in [-0.15, -0.1) is 0 Å². The van der Waals surface area contributed by atoms with E-state index in [-0.39, 0.29) is 0 Å². The maximum absolute atomic E-state index is 13.2. The summed E-state index contributed by atoms with van der Waals surface area (Å²) in [7, 11) is 0. The Morgan fingerprint density at radius 2 is 1.05 bits per heavy atom. The molecule has 6 aliphatic heterocycles. The van der Waals surface area contributed by atoms with Crippen LogP contribution in [0, 0.1) is 0 Å². The first kappa shape index (κ1) is 64.4. The van der Waals surface area contributed by atoms with Crippen LogP contribution in [0.15, 0.2) is 0 Å². The van der Waals surface area contributed by atoms with E-state index in [1.165, 1.54) is 6.92 Å². The number of carbonyl (C=O) groups is 3. The lowest BCUT2D eigenvalue weighted by molar-refractivity contribution is -0.392. The van der Waals surface area contributed by atoms with Crippen LogP contribution >= 0.6 is 0 Å². The van der Waals surface area contributed by atoms with Gasteiger partial charge in [-0.2, -0.15) is 0 Å². The molecule has 0 saturated carbocycles. The molecule has 6 fully saturated rings. The first-order chi connectivity index (χ1) is 36.6. The highest BCUT2D eigenvalue weighted by atomic mass is 16.8. The van der Waals surface area contributed by atoms with Gasteiger partial charge in [0.25, 0.3) is 5.79 Å². The summed E-state index contributed by atoms with van der Waals surface area (Å²) in [5.74, 6) is -7.01. The summed E-state index contributed by atoms with van der Waals surface area (Å²) in [5, 5.41) is 209. The number of hydrogen-bond donors (Lipinski definition) is 21. The van der Waals surface area contributed by atoms with Crippen LogP contribution in [0.3, 0.4) is 0 Å². The minimum atomic E-state index is -3.13. The van der Waals surface area contributed by atoms with E-state index < -0.39 is 247 Å². The molecule has 452 valence electrons. The Labute approximate surface area is 441 Å².